The Morgan fingerprint density at radius 2 is 2.17 bits per heavy atom. The molecule has 92 valence electrons. The van der Waals surface area contributed by atoms with Crippen LogP contribution in [0.5, 0.6) is 0 Å². The predicted molar refractivity (Wildman–Crippen MR) is 68.1 cm³/mol. The van der Waals surface area contributed by atoms with Gasteiger partial charge in [0.15, 0.2) is 5.82 Å². The summed E-state index contributed by atoms with van der Waals surface area (Å²) in [7, 11) is 0. The number of hydrogen-bond donors (Lipinski definition) is 0. The second-order valence-corrected chi connectivity index (χ2v) is 4.47. The van der Waals surface area contributed by atoms with Crippen LogP contribution in [0, 0.1) is 6.92 Å². The van der Waals surface area contributed by atoms with E-state index in [9.17, 15) is 0 Å². The van der Waals surface area contributed by atoms with Gasteiger partial charge in [0.2, 0.25) is 0 Å². The van der Waals surface area contributed by atoms with Crippen LogP contribution < -0.4 is 4.90 Å². The Labute approximate surface area is 106 Å². The first-order valence-electron chi connectivity index (χ1n) is 6.17. The molecule has 3 heterocycles. The second-order valence-electron chi connectivity index (χ2n) is 4.47. The Hall–Kier alpha value is -2.04. The third-order valence-electron chi connectivity index (χ3n) is 3.21. The smallest absolute Gasteiger partial charge is 0.150 e. The fourth-order valence-corrected chi connectivity index (χ4v) is 2.38. The highest BCUT2D eigenvalue weighted by Crippen LogP contribution is 2.32. The maximum Gasteiger partial charge on any atom is 0.150 e. The summed E-state index contributed by atoms with van der Waals surface area (Å²) in [5, 5.41) is 0. The number of aryl methyl sites for hydroxylation is 1. The van der Waals surface area contributed by atoms with E-state index in [0.29, 0.717) is 0 Å². The van der Waals surface area contributed by atoms with Crippen molar-refractivity contribution in [1.82, 2.24) is 19.9 Å². The third-order valence-corrected chi connectivity index (χ3v) is 3.21. The number of hydrogen-bond acceptors (Lipinski definition) is 5. The summed E-state index contributed by atoms with van der Waals surface area (Å²) in [6.07, 6.45) is 9.25. The van der Waals surface area contributed by atoms with Crippen LogP contribution in [-0.2, 0) is 0 Å². The lowest BCUT2D eigenvalue weighted by Crippen LogP contribution is -2.25. The molecule has 0 bridgehead atoms. The van der Waals surface area contributed by atoms with Gasteiger partial charge in [0, 0.05) is 30.8 Å². The molecule has 5 nitrogen and oxygen atoms in total. The van der Waals surface area contributed by atoms with Crippen molar-refractivity contribution in [3.05, 3.63) is 42.4 Å². The molecule has 0 unspecified atom stereocenters. The van der Waals surface area contributed by atoms with Gasteiger partial charge < -0.3 is 4.90 Å². The molecule has 3 rings (SSSR count). The summed E-state index contributed by atoms with van der Waals surface area (Å²) in [5.74, 6) is 1.79. The van der Waals surface area contributed by atoms with E-state index in [1.54, 1.807) is 18.6 Å². The highest BCUT2D eigenvalue weighted by molar-refractivity contribution is 5.39. The van der Waals surface area contributed by atoms with E-state index in [1.807, 2.05) is 19.2 Å². The summed E-state index contributed by atoms with van der Waals surface area (Å²) in [6.45, 7) is 2.98. The number of rotatable bonds is 2. The molecule has 1 atom stereocenters. The highest BCUT2D eigenvalue weighted by atomic mass is 15.3. The minimum absolute atomic E-state index is 0.224. The molecular formula is C13H15N5. The molecule has 0 aliphatic carbocycles. The first-order valence-corrected chi connectivity index (χ1v) is 6.17. The van der Waals surface area contributed by atoms with Gasteiger partial charge in [0.1, 0.15) is 5.82 Å². The SMILES string of the molecule is Cc1ccnc([C@@H]2CCCN2c2cnccn2)n1. The maximum absolute atomic E-state index is 4.53. The number of nitrogens with zero attached hydrogens (tertiary/aromatic N) is 5. The van der Waals surface area contributed by atoms with Gasteiger partial charge in [-0.3, -0.25) is 4.98 Å². The summed E-state index contributed by atoms with van der Waals surface area (Å²) in [5.41, 5.74) is 1.01. The Kier molecular flexibility index (Phi) is 2.88. The van der Waals surface area contributed by atoms with Gasteiger partial charge in [0.25, 0.3) is 0 Å². The monoisotopic (exact) mass is 241 g/mol. The van der Waals surface area contributed by atoms with Crippen LogP contribution in [0.25, 0.3) is 0 Å². The van der Waals surface area contributed by atoms with Crippen molar-refractivity contribution in [1.29, 1.82) is 0 Å². The summed E-state index contributed by atoms with van der Waals surface area (Å²) in [4.78, 5) is 19.7. The van der Waals surface area contributed by atoms with Crippen LogP contribution in [0.1, 0.15) is 30.4 Å². The van der Waals surface area contributed by atoms with Gasteiger partial charge >= 0.3 is 0 Å². The Morgan fingerprint density at radius 1 is 1.22 bits per heavy atom. The number of anilines is 1. The van der Waals surface area contributed by atoms with E-state index in [2.05, 4.69) is 24.8 Å². The average Bonchev–Trinajstić information content (AvgIpc) is 2.89. The fraction of sp³-hybridized carbons (Fsp3) is 0.385. The van der Waals surface area contributed by atoms with Gasteiger partial charge in [-0.25, -0.2) is 15.0 Å². The Balaban J connectivity index is 1.92. The van der Waals surface area contributed by atoms with Crippen LogP contribution >= 0.6 is 0 Å². The summed E-state index contributed by atoms with van der Waals surface area (Å²) in [6, 6.07) is 2.15. The van der Waals surface area contributed by atoms with Crippen molar-refractivity contribution >= 4 is 5.82 Å². The molecule has 2 aromatic rings. The van der Waals surface area contributed by atoms with E-state index in [-0.39, 0.29) is 6.04 Å². The van der Waals surface area contributed by atoms with E-state index in [1.165, 1.54) is 0 Å². The molecule has 5 heteroatoms. The van der Waals surface area contributed by atoms with Crippen molar-refractivity contribution in [2.24, 2.45) is 0 Å². The summed E-state index contributed by atoms with van der Waals surface area (Å²) >= 11 is 0. The molecule has 1 fully saturated rings. The Bertz CT molecular complexity index is 528. The highest BCUT2D eigenvalue weighted by Gasteiger charge is 2.29. The molecule has 1 saturated heterocycles. The quantitative estimate of drug-likeness (QED) is 0.804. The summed E-state index contributed by atoms with van der Waals surface area (Å²) < 4.78 is 0. The van der Waals surface area contributed by atoms with Crippen LogP contribution in [-0.4, -0.2) is 26.5 Å². The fourth-order valence-electron chi connectivity index (χ4n) is 2.38. The lowest BCUT2D eigenvalue weighted by Gasteiger charge is -2.24. The van der Waals surface area contributed by atoms with E-state index >= 15 is 0 Å². The first-order chi connectivity index (χ1) is 8.84. The normalized spacial score (nSPS) is 19.2. The van der Waals surface area contributed by atoms with Crippen LogP contribution in [0.15, 0.2) is 30.9 Å². The van der Waals surface area contributed by atoms with Gasteiger partial charge in [-0.2, -0.15) is 0 Å². The third kappa shape index (κ3) is 2.03. The van der Waals surface area contributed by atoms with Crippen molar-refractivity contribution in [3.8, 4) is 0 Å². The first kappa shape index (κ1) is 11.1. The minimum atomic E-state index is 0.224. The molecule has 18 heavy (non-hydrogen) atoms. The zero-order valence-corrected chi connectivity index (χ0v) is 10.3. The van der Waals surface area contributed by atoms with Crippen LogP contribution in [0.4, 0.5) is 5.82 Å². The van der Waals surface area contributed by atoms with E-state index in [4.69, 9.17) is 0 Å². The van der Waals surface area contributed by atoms with Gasteiger partial charge in [-0.05, 0) is 25.8 Å². The lowest BCUT2D eigenvalue weighted by molar-refractivity contribution is 0.655. The van der Waals surface area contributed by atoms with E-state index in [0.717, 1.165) is 36.7 Å². The van der Waals surface area contributed by atoms with Crippen molar-refractivity contribution in [2.75, 3.05) is 11.4 Å². The van der Waals surface area contributed by atoms with Crippen LogP contribution in [0.3, 0.4) is 0 Å². The molecule has 0 radical (unpaired) electrons. The largest absolute Gasteiger partial charge is 0.345 e. The maximum atomic E-state index is 4.53. The van der Waals surface area contributed by atoms with Gasteiger partial charge in [-0.15, -0.1) is 0 Å². The molecule has 2 aromatic heterocycles. The molecule has 0 aromatic carbocycles. The number of aromatic nitrogens is 4. The van der Waals surface area contributed by atoms with Crippen molar-refractivity contribution in [2.45, 2.75) is 25.8 Å². The zero-order valence-electron chi connectivity index (χ0n) is 10.3. The standard InChI is InChI=1S/C13H15N5/c1-10-4-5-16-13(17-10)11-3-2-8-18(11)12-9-14-6-7-15-12/h4-7,9,11H,2-3,8H2,1H3/t11-/m0/s1. The average molecular weight is 241 g/mol. The molecule has 0 amide bonds. The Morgan fingerprint density at radius 3 is 2.94 bits per heavy atom. The van der Waals surface area contributed by atoms with E-state index < -0.39 is 0 Å². The predicted octanol–water partition coefficient (Wildman–Crippen LogP) is 1.92. The van der Waals surface area contributed by atoms with Crippen molar-refractivity contribution < 1.29 is 0 Å². The minimum Gasteiger partial charge on any atom is -0.345 e. The molecule has 0 saturated carbocycles. The molecule has 0 N–H and O–H groups in total. The molecule has 1 aliphatic rings. The molecular weight excluding hydrogens is 226 g/mol. The molecule has 0 spiro atoms. The lowest BCUT2D eigenvalue weighted by atomic mass is 10.2. The van der Waals surface area contributed by atoms with Crippen molar-refractivity contribution in [3.63, 3.8) is 0 Å². The zero-order chi connectivity index (χ0) is 12.4. The van der Waals surface area contributed by atoms with Gasteiger partial charge in [0.05, 0.1) is 12.2 Å². The van der Waals surface area contributed by atoms with Crippen LogP contribution in [0.2, 0.25) is 0 Å². The topological polar surface area (TPSA) is 54.8 Å². The van der Waals surface area contributed by atoms with Gasteiger partial charge in [-0.1, -0.05) is 0 Å². The molecule has 1 aliphatic heterocycles. The second kappa shape index (κ2) is 4.68.